The van der Waals surface area contributed by atoms with E-state index in [0.29, 0.717) is 50.4 Å². The van der Waals surface area contributed by atoms with E-state index in [0.717, 1.165) is 50.4 Å². The van der Waals surface area contributed by atoms with Gasteiger partial charge in [0.1, 0.15) is 5.82 Å². The lowest BCUT2D eigenvalue weighted by atomic mass is 9.81. The molecule has 1 amide bonds. The smallest absolute Gasteiger partial charge is 0.225 e. The number of carbonyl (C=O) groups is 1. The highest BCUT2D eigenvalue weighted by atomic mass is 35.5. The van der Waals surface area contributed by atoms with Crippen LogP contribution in [0.15, 0.2) is 60.7 Å². The number of amides is 1. The number of methoxy groups -OCH3 is 2. The molecular weight excluding hydrogens is 625 g/mol. The third kappa shape index (κ3) is 8.12. The molecule has 11 heteroatoms. The number of aromatic nitrogens is 2. The SMILES string of the molecule is CCOc1nc(C2CC2)nc(OC)c1CN1C[C@@H]2CN(C(=O)CCOC)CCN2[C@H](C(c2ccccc2)c2ccccc2)C1.Cl.Cl. The summed E-state index contributed by atoms with van der Waals surface area (Å²) in [4.78, 5) is 30.0. The molecule has 1 aliphatic carbocycles. The summed E-state index contributed by atoms with van der Waals surface area (Å²) < 4.78 is 17.2. The van der Waals surface area contributed by atoms with Crippen molar-refractivity contribution in [3.05, 3.63) is 83.2 Å². The quantitative estimate of drug-likeness (QED) is 0.261. The number of rotatable bonds is 12. The Morgan fingerprint density at radius 1 is 0.891 bits per heavy atom. The van der Waals surface area contributed by atoms with Crippen LogP contribution >= 0.6 is 24.8 Å². The molecule has 3 aliphatic rings. The largest absolute Gasteiger partial charge is 0.481 e. The first-order valence-electron chi connectivity index (χ1n) is 16.0. The molecule has 0 N–H and O–H groups in total. The van der Waals surface area contributed by atoms with E-state index in [1.807, 2.05) is 11.8 Å². The summed E-state index contributed by atoms with van der Waals surface area (Å²) in [7, 11) is 3.33. The number of halogens is 2. The topological polar surface area (TPSA) is 80.3 Å². The molecule has 2 aromatic carbocycles. The minimum absolute atomic E-state index is 0. The molecule has 9 nitrogen and oxygen atoms in total. The summed E-state index contributed by atoms with van der Waals surface area (Å²) in [6.07, 6.45) is 2.63. The molecule has 1 saturated carbocycles. The van der Waals surface area contributed by atoms with Gasteiger partial charge in [0.05, 0.1) is 32.3 Å². The predicted octanol–water partition coefficient (Wildman–Crippen LogP) is 5.17. The summed E-state index contributed by atoms with van der Waals surface area (Å²) in [5, 5.41) is 0. The van der Waals surface area contributed by atoms with Gasteiger partial charge in [0.2, 0.25) is 17.7 Å². The van der Waals surface area contributed by atoms with Gasteiger partial charge in [0, 0.05) is 70.3 Å². The Balaban J connectivity index is 0.00000240. The second kappa shape index (κ2) is 16.7. The zero-order valence-corrected chi connectivity index (χ0v) is 28.7. The molecule has 2 aliphatic heterocycles. The van der Waals surface area contributed by atoms with Crippen molar-refractivity contribution >= 4 is 30.7 Å². The van der Waals surface area contributed by atoms with Crippen molar-refractivity contribution < 1.29 is 19.0 Å². The zero-order chi connectivity index (χ0) is 30.5. The van der Waals surface area contributed by atoms with Crippen molar-refractivity contribution in [2.24, 2.45) is 0 Å². The summed E-state index contributed by atoms with van der Waals surface area (Å²) in [6, 6.07) is 22.1. The molecule has 1 aromatic heterocycles. The molecular formula is C35H47Cl2N5O4. The van der Waals surface area contributed by atoms with E-state index in [1.165, 1.54) is 11.1 Å². The van der Waals surface area contributed by atoms with Gasteiger partial charge >= 0.3 is 0 Å². The normalized spacial score (nSPS) is 20.0. The van der Waals surface area contributed by atoms with Crippen LogP contribution in [-0.4, -0.2) is 103 Å². The maximum Gasteiger partial charge on any atom is 0.225 e. The van der Waals surface area contributed by atoms with Crippen LogP contribution in [0, 0.1) is 0 Å². The van der Waals surface area contributed by atoms with Gasteiger partial charge in [0.15, 0.2) is 0 Å². The summed E-state index contributed by atoms with van der Waals surface area (Å²) in [5.41, 5.74) is 3.49. The van der Waals surface area contributed by atoms with E-state index in [1.54, 1.807) is 14.2 Å². The number of ether oxygens (including phenoxy) is 3. The second-order valence-electron chi connectivity index (χ2n) is 12.1. The van der Waals surface area contributed by atoms with E-state index in [2.05, 4.69) is 70.5 Å². The van der Waals surface area contributed by atoms with E-state index >= 15 is 0 Å². The first kappa shape index (κ1) is 35.9. The third-order valence-electron chi connectivity index (χ3n) is 9.19. The molecule has 0 unspecified atom stereocenters. The zero-order valence-electron chi connectivity index (χ0n) is 27.0. The van der Waals surface area contributed by atoms with Gasteiger partial charge in [-0.05, 0) is 30.9 Å². The Kier molecular flexibility index (Phi) is 13.1. The van der Waals surface area contributed by atoms with E-state index in [9.17, 15) is 4.79 Å². The van der Waals surface area contributed by atoms with Gasteiger partial charge in [-0.15, -0.1) is 24.8 Å². The number of nitrogens with zero attached hydrogens (tertiary/aromatic N) is 5. The van der Waals surface area contributed by atoms with Crippen LogP contribution in [0.2, 0.25) is 0 Å². The number of benzene rings is 2. The van der Waals surface area contributed by atoms with Gasteiger partial charge in [-0.25, -0.2) is 0 Å². The van der Waals surface area contributed by atoms with Crippen molar-refractivity contribution in [2.45, 2.75) is 56.7 Å². The van der Waals surface area contributed by atoms with Crippen molar-refractivity contribution in [1.82, 2.24) is 24.7 Å². The fourth-order valence-corrected chi connectivity index (χ4v) is 6.94. The fourth-order valence-electron chi connectivity index (χ4n) is 6.94. The van der Waals surface area contributed by atoms with Crippen LogP contribution in [0.4, 0.5) is 0 Å². The molecule has 0 radical (unpaired) electrons. The van der Waals surface area contributed by atoms with Crippen LogP contribution in [0.1, 0.15) is 60.5 Å². The monoisotopic (exact) mass is 671 g/mol. The molecule has 2 atom stereocenters. The van der Waals surface area contributed by atoms with Gasteiger partial charge in [-0.3, -0.25) is 14.6 Å². The van der Waals surface area contributed by atoms with Crippen molar-refractivity contribution in [3.63, 3.8) is 0 Å². The molecule has 3 aromatic rings. The summed E-state index contributed by atoms with van der Waals surface area (Å²) in [6.45, 7) is 7.50. The molecule has 2 saturated heterocycles. The fraction of sp³-hybridized carbons (Fsp3) is 0.514. The minimum Gasteiger partial charge on any atom is -0.481 e. The van der Waals surface area contributed by atoms with Crippen molar-refractivity contribution in [3.8, 4) is 11.8 Å². The van der Waals surface area contributed by atoms with Crippen LogP contribution in [0.5, 0.6) is 11.8 Å². The molecule has 6 rings (SSSR count). The number of hydrogen-bond donors (Lipinski definition) is 0. The Labute approximate surface area is 285 Å². The average molecular weight is 673 g/mol. The number of carbonyl (C=O) groups excluding carboxylic acids is 1. The molecule has 3 heterocycles. The van der Waals surface area contributed by atoms with Gasteiger partial charge in [-0.1, -0.05) is 60.7 Å². The Bertz CT molecular complexity index is 1360. The average Bonchev–Trinajstić information content (AvgIpc) is 3.91. The van der Waals surface area contributed by atoms with Gasteiger partial charge < -0.3 is 19.1 Å². The molecule has 46 heavy (non-hydrogen) atoms. The van der Waals surface area contributed by atoms with E-state index in [-0.39, 0.29) is 48.7 Å². The first-order valence-corrected chi connectivity index (χ1v) is 16.0. The standard InChI is InChI=1S/C35H45N5O4.2ClH/c1-4-44-35-29(34(43-3)36-33(37-35)27-15-16-27)23-38-21-28-22-39(31(41)17-20-42-2)18-19-40(28)30(24-38)32(25-11-7-5-8-12-25)26-13-9-6-10-14-26;;/h5-14,27-28,30,32H,4,15-24H2,1-3H3;2*1H/t28-,30+;;/m1../s1. The van der Waals surface area contributed by atoms with Gasteiger partial charge in [0.25, 0.3) is 0 Å². The molecule has 0 spiro atoms. The van der Waals surface area contributed by atoms with Gasteiger partial charge in [-0.2, -0.15) is 9.97 Å². The highest BCUT2D eigenvalue weighted by molar-refractivity contribution is 5.85. The molecule has 3 fully saturated rings. The highest BCUT2D eigenvalue weighted by Crippen LogP contribution is 2.41. The highest BCUT2D eigenvalue weighted by Gasteiger charge is 2.43. The summed E-state index contributed by atoms with van der Waals surface area (Å²) >= 11 is 0. The maximum absolute atomic E-state index is 13.1. The second-order valence-corrected chi connectivity index (χ2v) is 12.1. The number of fused-ring (bicyclic) bond motifs is 1. The van der Waals surface area contributed by atoms with Crippen molar-refractivity contribution in [2.75, 3.05) is 60.2 Å². The Morgan fingerprint density at radius 2 is 1.54 bits per heavy atom. The minimum atomic E-state index is 0. The van der Waals surface area contributed by atoms with Crippen LogP contribution < -0.4 is 9.47 Å². The Hall–Kier alpha value is -2.95. The van der Waals surface area contributed by atoms with E-state index < -0.39 is 0 Å². The van der Waals surface area contributed by atoms with Crippen LogP contribution in [-0.2, 0) is 16.1 Å². The first-order chi connectivity index (χ1) is 21.6. The maximum atomic E-state index is 13.1. The summed E-state index contributed by atoms with van der Waals surface area (Å²) in [5.74, 6) is 2.77. The predicted molar refractivity (Wildman–Crippen MR) is 184 cm³/mol. The van der Waals surface area contributed by atoms with Crippen LogP contribution in [0.25, 0.3) is 0 Å². The lowest BCUT2D eigenvalue weighted by Crippen LogP contribution is -2.67. The molecule has 0 bridgehead atoms. The molecule has 250 valence electrons. The number of hydrogen-bond acceptors (Lipinski definition) is 8. The van der Waals surface area contributed by atoms with E-state index in [4.69, 9.17) is 24.2 Å². The Morgan fingerprint density at radius 3 is 2.13 bits per heavy atom. The lowest BCUT2D eigenvalue weighted by molar-refractivity contribution is -0.137. The lowest BCUT2D eigenvalue weighted by Gasteiger charge is -2.53. The van der Waals surface area contributed by atoms with Crippen molar-refractivity contribution in [1.29, 1.82) is 0 Å². The van der Waals surface area contributed by atoms with Crippen LogP contribution in [0.3, 0.4) is 0 Å². The number of piperazine rings is 2. The third-order valence-corrected chi connectivity index (χ3v) is 9.19.